The summed E-state index contributed by atoms with van der Waals surface area (Å²) in [5, 5.41) is 3.55. The molecule has 3 aliphatic rings. The van der Waals surface area contributed by atoms with Crippen LogP contribution in [0.4, 0.5) is 0 Å². The van der Waals surface area contributed by atoms with Crippen molar-refractivity contribution in [2.24, 2.45) is 10.9 Å². The fourth-order valence-corrected chi connectivity index (χ4v) is 4.94. The van der Waals surface area contributed by atoms with Crippen molar-refractivity contribution < 1.29 is 0 Å². The predicted octanol–water partition coefficient (Wildman–Crippen LogP) is 3.74. The maximum atomic E-state index is 5.08. The lowest BCUT2D eigenvalue weighted by Crippen LogP contribution is -2.43. The van der Waals surface area contributed by atoms with Gasteiger partial charge in [-0.1, -0.05) is 42.0 Å². The Bertz CT molecular complexity index is 716. The van der Waals surface area contributed by atoms with Crippen molar-refractivity contribution in [2.75, 3.05) is 52.4 Å². The van der Waals surface area contributed by atoms with E-state index in [1.165, 1.54) is 43.5 Å². The van der Waals surface area contributed by atoms with Gasteiger partial charge >= 0.3 is 0 Å². The van der Waals surface area contributed by atoms with Crippen LogP contribution < -0.4 is 5.32 Å². The molecule has 172 valence electrons. The number of benzene rings is 1. The molecule has 0 aromatic heterocycles. The highest BCUT2D eigenvalue weighted by molar-refractivity contribution is 14.0. The first-order valence-corrected chi connectivity index (χ1v) is 11.9. The normalized spacial score (nSPS) is 23.4. The third-order valence-corrected chi connectivity index (χ3v) is 6.89. The summed E-state index contributed by atoms with van der Waals surface area (Å²) in [5.74, 6) is 1.85. The minimum atomic E-state index is 0. The fraction of sp³-hybridized carbons (Fsp3) is 0.640. The Balaban J connectivity index is 0.00000272. The monoisotopic (exact) mass is 537 g/mol. The number of piperidine rings is 1. The molecule has 0 spiro atoms. The average molecular weight is 538 g/mol. The summed E-state index contributed by atoms with van der Waals surface area (Å²) in [6, 6.07) is 9.67. The first kappa shape index (κ1) is 24.5. The molecule has 0 amide bonds. The molecule has 1 atom stereocenters. The Morgan fingerprint density at radius 1 is 1.03 bits per heavy atom. The van der Waals surface area contributed by atoms with Crippen molar-refractivity contribution in [3.63, 3.8) is 0 Å². The number of aliphatic imine (C=N–C) groups is 1. The number of guanidine groups is 1. The minimum Gasteiger partial charge on any atom is -0.357 e. The molecule has 1 unspecified atom stereocenters. The van der Waals surface area contributed by atoms with E-state index in [1.54, 1.807) is 0 Å². The van der Waals surface area contributed by atoms with Gasteiger partial charge in [0.05, 0.1) is 0 Å². The highest BCUT2D eigenvalue weighted by Gasteiger charge is 2.29. The van der Waals surface area contributed by atoms with Crippen LogP contribution in [0.25, 0.3) is 0 Å². The van der Waals surface area contributed by atoms with Crippen LogP contribution in [0.15, 0.2) is 41.4 Å². The largest absolute Gasteiger partial charge is 0.357 e. The van der Waals surface area contributed by atoms with Crippen LogP contribution in [0.3, 0.4) is 0 Å². The van der Waals surface area contributed by atoms with Crippen molar-refractivity contribution in [1.29, 1.82) is 0 Å². The third kappa shape index (κ3) is 6.93. The summed E-state index contributed by atoms with van der Waals surface area (Å²) in [7, 11) is 0. The molecule has 4 rings (SSSR count). The number of hydrogen-bond acceptors (Lipinski definition) is 3. The quantitative estimate of drug-likeness (QED) is 0.260. The van der Waals surface area contributed by atoms with Gasteiger partial charge in [-0.2, -0.15) is 0 Å². The van der Waals surface area contributed by atoms with Crippen molar-refractivity contribution in [1.82, 2.24) is 20.0 Å². The van der Waals surface area contributed by atoms with Gasteiger partial charge in [0.25, 0.3) is 0 Å². The van der Waals surface area contributed by atoms with Crippen LogP contribution in [0, 0.1) is 12.8 Å². The molecule has 0 bridgehead atoms. The first-order valence-electron chi connectivity index (χ1n) is 11.9. The van der Waals surface area contributed by atoms with Gasteiger partial charge in [0.2, 0.25) is 0 Å². The van der Waals surface area contributed by atoms with Crippen LogP contribution in [0.1, 0.15) is 37.3 Å². The second-order valence-electron chi connectivity index (χ2n) is 9.21. The second-order valence-corrected chi connectivity index (χ2v) is 9.21. The summed E-state index contributed by atoms with van der Waals surface area (Å²) < 4.78 is 0. The molecule has 3 heterocycles. The van der Waals surface area contributed by atoms with E-state index in [1.807, 2.05) is 0 Å². The van der Waals surface area contributed by atoms with Crippen molar-refractivity contribution in [3.05, 3.63) is 47.5 Å². The number of nitrogens with zero attached hydrogens (tertiary/aromatic N) is 4. The number of aryl methyl sites for hydroxylation is 1. The SMILES string of the molecule is CCNC(=NCC1CCN(Cc2ccc(C)cc2)CC1)N1CCC(N2CC=CC2)C1.I. The van der Waals surface area contributed by atoms with Gasteiger partial charge in [-0.3, -0.25) is 14.8 Å². The standard InChI is InChI=1S/C25H39N5.HI/c1-3-26-25(30-17-12-24(20-30)29-13-4-5-14-29)27-18-22-10-15-28(16-11-22)19-23-8-6-21(2)7-9-23;/h4-9,22,24H,3,10-20H2,1-2H3,(H,26,27);1H. The maximum Gasteiger partial charge on any atom is 0.193 e. The van der Waals surface area contributed by atoms with E-state index in [2.05, 4.69) is 70.3 Å². The number of hydrogen-bond donors (Lipinski definition) is 1. The molecule has 0 radical (unpaired) electrons. The van der Waals surface area contributed by atoms with Gasteiger partial charge in [-0.05, 0) is 57.7 Å². The molecule has 0 saturated carbocycles. The summed E-state index contributed by atoms with van der Waals surface area (Å²) in [4.78, 5) is 12.8. The molecular formula is C25H40IN5. The molecule has 1 aromatic carbocycles. The Hall–Kier alpha value is -1.12. The van der Waals surface area contributed by atoms with Crippen LogP contribution in [0.2, 0.25) is 0 Å². The van der Waals surface area contributed by atoms with E-state index in [-0.39, 0.29) is 24.0 Å². The second kappa shape index (κ2) is 12.2. The van der Waals surface area contributed by atoms with Crippen LogP contribution in [-0.2, 0) is 6.54 Å². The lowest BCUT2D eigenvalue weighted by Gasteiger charge is -2.31. The van der Waals surface area contributed by atoms with Gasteiger partial charge in [-0.25, -0.2) is 0 Å². The number of likely N-dealkylation sites (tertiary alicyclic amines) is 2. The molecule has 3 aliphatic heterocycles. The topological polar surface area (TPSA) is 34.1 Å². The highest BCUT2D eigenvalue weighted by Crippen LogP contribution is 2.21. The molecule has 5 nitrogen and oxygen atoms in total. The van der Waals surface area contributed by atoms with Crippen molar-refractivity contribution >= 4 is 29.9 Å². The zero-order valence-electron chi connectivity index (χ0n) is 19.3. The van der Waals surface area contributed by atoms with Gasteiger partial charge in [0.1, 0.15) is 0 Å². The van der Waals surface area contributed by atoms with E-state index in [0.29, 0.717) is 12.0 Å². The zero-order chi connectivity index (χ0) is 20.8. The van der Waals surface area contributed by atoms with Gasteiger partial charge < -0.3 is 10.2 Å². The van der Waals surface area contributed by atoms with E-state index in [0.717, 1.165) is 51.8 Å². The molecule has 6 heteroatoms. The Kier molecular flexibility index (Phi) is 9.66. The third-order valence-electron chi connectivity index (χ3n) is 6.89. The smallest absolute Gasteiger partial charge is 0.193 e. The van der Waals surface area contributed by atoms with Crippen molar-refractivity contribution in [2.45, 2.75) is 45.7 Å². The lowest BCUT2D eigenvalue weighted by atomic mass is 9.96. The molecule has 31 heavy (non-hydrogen) atoms. The molecular weight excluding hydrogens is 497 g/mol. The minimum absolute atomic E-state index is 0. The summed E-state index contributed by atoms with van der Waals surface area (Å²) in [6.45, 7) is 14.2. The average Bonchev–Trinajstić information content (AvgIpc) is 3.46. The maximum absolute atomic E-state index is 5.08. The van der Waals surface area contributed by atoms with Crippen LogP contribution in [0.5, 0.6) is 0 Å². The van der Waals surface area contributed by atoms with Gasteiger partial charge in [-0.15, -0.1) is 24.0 Å². The Morgan fingerprint density at radius 3 is 2.42 bits per heavy atom. The number of rotatable bonds is 6. The predicted molar refractivity (Wildman–Crippen MR) is 141 cm³/mol. The molecule has 1 N–H and O–H groups in total. The van der Waals surface area contributed by atoms with E-state index < -0.39 is 0 Å². The first-order chi connectivity index (χ1) is 14.7. The van der Waals surface area contributed by atoms with E-state index >= 15 is 0 Å². The Labute approximate surface area is 206 Å². The van der Waals surface area contributed by atoms with Crippen LogP contribution in [-0.4, -0.2) is 79.1 Å². The van der Waals surface area contributed by atoms with E-state index in [9.17, 15) is 0 Å². The van der Waals surface area contributed by atoms with Gasteiger partial charge in [0, 0.05) is 51.9 Å². The molecule has 2 fully saturated rings. The van der Waals surface area contributed by atoms with Crippen LogP contribution >= 0.6 is 24.0 Å². The summed E-state index contributed by atoms with van der Waals surface area (Å²) in [5.41, 5.74) is 2.77. The van der Waals surface area contributed by atoms with E-state index in [4.69, 9.17) is 4.99 Å². The number of nitrogens with one attached hydrogen (secondary N) is 1. The summed E-state index contributed by atoms with van der Waals surface area (Å²) >= 11 is 0. The highest BCUT2D eigenvalue weighted by atomic mass is 127. The molecule has 2 saturated heterocycles. The zero-order valence-corrected chi connectivity index (χ0v) is 21.6. The van der Waals surface area contributed by atoms with Crippen molar-refractivity contribution in [3.8, 4) is 0 Å². The van der Waals surface area contributed by atoms with Gasteiger partial charge in [0.15, 0.2) is 5.96 Å². The molecule has 1 aromatic rings. The molecule has 0 aliphatic carbocycles. The lowest BCUT2D eigenvalue weighted by molar-refractivity contribution is 0.180. The fourth-order valence-electron chi connectivity index (χ4n) is 4.94. The number of halogens is 1. The Morgan fingerprint density at radius 2 is 1.74 bits per heavy atom. The summed E-state index contributed by atoms with van der Waals surface area (Å²) in [6.07, 6.45) is 8.37.